The molecule has 0 aliphatic carbocycles. The minimum Gasteiger partial charge on any atom is -0.396 e. The summed E-state index contributed by atoms with van der Waals surface area (Å²) in [7, 11) is 0. The summed E-state index contributed by atoms with van der Waals surface area (Å²) >= 11 is 0. The van der Waals surface area contributed by atoms with Gasteiger partial charge >= 0.3 is 0 Å². The van der Waals surface area contributed by atoms with Crippen LogP contribution in [0, 0.1) is 6.42 Å². The maximum Gasteiger partial charge on any atom is 0.0433 e. The van der Waals surface area contributed by atoms with E-state index in [-0.39, 0.29) is 0 Å². The van der Waals surface area contributed by atoms with Gasteiger partial charge in [-0.2, -0.15) is 0 Å². The lowest BCUT2D eigenvalue weighted by molar-refractivity contribution is 0.297. The minimum absolute atomic E-state index is 0.299. The van der Waals surface area contributed by atoms with E-state index in [1.165, 1.54) is 0 Å². The van der Waals surface area contributed by atoms with Gasteiger partial charge in [0.05, 0.1) is 0 Å². The van der Waals surface area contributed by atoms with E-state index in [1.54, 1.807) is 0 Å². The standard InChI is InChI=1S/C5H11O/c1-2-3-4-5-6/h3,6H,2,4-5H2,1H3. The van der Waals surface area contributed by atoms with Gasteiger partial charge in [0.25, 0.3) is 0 Å². The quantitative estimate of drug-likeness (QED) is 0.509. The first-order valence-corrected chi connectivity index (χ1v) is 2.34. The van der Waals surface area contributed by atoms with Crippen molar-refractivity contribution in [1.82, 2.24) is 0 Å². The van der Waals surface area contributed by atoms with E-state index in [2.05, 4.69) is 13.3 Å². The van der Waals surface area contributed by atoms with E-state index in [0.717, 1.165) is 12.8 Å². The van der Waals surface area contributed by atoms with Crippen molar-refractivity contribution in [2.75, 3.05) is 6.61 Å². The highest BCUT2D eigenvalue weighted by Crippen LogP contribution is 1.87. The topological polar surface area (TPSA) is 20.2 Å². The third kappa shape index (κ3) is 3.96. The lowest BCUT2D eigenvalue weighted by atomic mass is 10.3. The van der Waals surface area contributed by atoms with Crippen LogP contribution in [-0.4, -0.2) is 11.7 Å². The molecule has 37 valence electrons. The third-order valence-corrected chi connectivity index (χ3v) is 0.622. The Labute approximate surface area is 39.0 Å². The monoisotopic (exact) mass is 87.1 g/mol. The zero-order valence-electron chi connectivity index (χ0n) is 4.15. The molecule has 0 rings (SSSR count). The van der Waals surface area contributed by atoms with Crippen molar-refractivity contribution in [3.63, 3.8) is 0 Å². The van der Waals surface area contributed by atoms with Gasteiger partial charge in [-0.1, -0.05) is 13.3 Å². The molecule has 0 aliphatic rings. The molecule has 1 radical (unpaired) electrons. The van der Waals surface area contributed by atoms with E-state index < -0.39 is 0 Å². The molecule has 0 aliphatic heterocycles. The molecule has 6 heavy (non-hydrogen) atoms. The van der Waals surface area contributed by atoms with Crippen LogP contribution in [0.15, 0.2) is 0 Å². The first kappa shape index (κ1) is 5.96. The van der Waals surface area contributed by atoms with E-state index in [4.69, 9.17) is 5.11 Å². The van der Waals surface area contributed by atoms with Crippen LogP contribution < -0.4 is 0 Å². The molecule has 0 amide bonds. The van der Waals surface area contributed by atoms with Crippen molar-refractivity contribution in [1.29, 1.82) is 0 Å². The summed E-state index contributed by atoms with van der Waals surface area (Å²) in [5, 5.41) is 8.17. The predicted octanol–water partition coefficient (Wildman–Crippen LogP) is 0.983. The lowest BCUT2D eigenvalue weighted by Gasteiger charge is -1.85. The summed E-state index contributed by atoms with van der Waals surface area (Å²) in [6.07, 6.45) is 3.97. The van der Waals surface area contributed by atoms with Gasteiger partial charge in [-0.3, -0.25) is 0 Å². The number of rotatable bonds is 3. The zero-order chi connectivity index (χ0) is 4.83. The third-order valence-electron chi connectivity index (χ3n) is 0.622. The van der Waals surface area contributed by atoms with Crippen LogP contribution in [0.2, 0.25) is 0 Å². The van der Waals surface area contributed by atoms with Crippen LogP contribution in [0.25, 0.3) is 0 Å². The van der Waals surface area contributed by atoms with Crippen LogP contribution in [0.4, 0.5) is 0 Å². The maximum absolute atomic E-state index is 8.17. The van der Waals surface area contributed by atoms with E-state index in [0.29, 0.717) is 6.61 Å². The van der Waals surface area contributed by atoms with Gasteiger partial charge in [0, 0.05) is 6.61 Å². The Morgan fingerprint density at radius 1 is 1.67 bits per heavy atom. The van der Waals surface area contributed by atoms with Crippen molar-refractivity contribution >= 4 is 0 Å². The highest BCUT2D eigenvalue weighted by atomic mass is 16.2. The Morgan fingerprint density at radius 2 is 2.33 bits per heavy atom. The lowest BCUT2D eigenvalue weighted by Crippen LogP contribution is -1.79. The van der Waals surface area contributed by atoms with Gasteiger partial charge in [-0.05, 0) is 12.8 Å². The Balaban J connectivity index is 2.34. The minimum atomic E-state index is 0.299. The normalized spacial score (nSPS) is 9.00. The molecule has 0 aromatic rings. The van der Waals surface area contributed by atoms with Crippen molar-refractivity contribution in [3.8, 4) is 0 Å². The van der Waals surface area contributed by atoms with Crippen molar-refractivity contribution in [2.24, 2.45) is 0 Å². The Kier molecular flexibility index (Phi) is 4.93. The second-order valence-corrected chi connectivity index (χ2v) is 1.21. The van der Waals surface area contributed by atoms with E-state index in [9.17, 15) is 0 Å². The second kappa shape index (κ2) is 4.96. The Hall–Kier alpha value is -0.0400. The molecule has 0 aromatic heterocycles. The molecule has 0 unspecified atom stereocenters. The molecule has 0 spiro atoms. The fourth-order valence-corrected chi connectivity index (χ4v) is 0.295. The van der Waals surface area contributed by atoms with Crippen molar-refractivity contribution in [2.45, 2.75) is 19.8 Å². The fraction of sp³-hybridized carbons (Fsp3) is 0.800. The summed E-state index contributed by atoms with van der Waals surface area (Å²) in [4.78, 5) is 0. The predicted molar refractivity (Wildman–Crippen MR) is 26.3 cm³/mol. The van der Waals surface area contributed by atoms with Crippen molar-refractivity contribution in [3.05, 3.63) is 6.42 Å². The van der Waals surface area contributed by atoms with E-state index in [1.807, 2.05) is 0 Å². The van der Waals surface area contributed by atoms with Crippen LogP contribution in [0.1, 0.15) is 19.8 Å². The van der Waals surface area contributed by atoms with Crippen LogP contribution in [0.3, 0.4) is 0 Å². The molecule has 0 heterocycles. The maximum atomic E-state index is 8.17. The number of aliphatic hydroxyl groups excluding tert-OH is 1. The molecular formula is C5H11O. The molecule has 0 saturated heterocycles. The molecule has 0 bridgehead atoms. The Morgan fingerprint density at radius 3 is 2.50 bits per heavy atom. The molecule has 0 saturated carbocycles. The number of hydrogen-bond donors (Lipinski definition) is 1. The SMILES string of the molecule is CC[CH]CCO. The van der Waals surface area contributed by atoms with Gasteiger partial charge in [0.15, 0.2) is 0 Å². The fourth-order valence-electron chi connectivity index (χ4n) is 0.295. The molecule has 0 atom stereocenters. The summed E-state index contributed by atoms with van der Waals surface area (Å²) < 4.78 is 0. The average molecular weight is 87.1 g/mol. The highest BCUT2D eigenvalue weighted by Gasteiger charge is 1.76. The highest BCUT2D eigenvalue weighted by molar-refractivity contribution is 4.58. The average Bonchev–Trinajstić information content (AvgIpc) is 1.61. The number of hydrogen-bond acceptors (Lipinski definition) is 1. The van der Waals surface area contributed by atoms with Crippen LogP contribution in [-0.2, 0) is 0 Å². The van der Waals surface area contributed by atoms with Gasteiger partial charge in [-0.15, -0.1) is 0 Å². The smallest absolute Gasteiger partial charge is 0.0433 e. The molecule has 0 aromatic carbocycles. The van der Waals surface area contributed by atoms with Gasteiger partial charge < -0.3 is 5.11 Å². The van der Waals surface area contributed by atoms with Crippen molar-refractivity contribution < 1.29 is 5.11 Å². The summed E-state index contributed by atoms with van der Waals surface area (Å²) in [6, 6.07) is 0. The summed E-state index contributed by atoms with van der Waals surface area (Å²) in [5.41, 5.74) is 0. The van der Waals surface area contributed by atoms with Crippen LogP contribution >= 0.6 is 0 Å². The largest absolute Gasteiger partial charge is 0.396 e. The molecular weight excluding hydrogens is 76.1 g/mol. The van der Waals surface area contributed by atoms with Crippen LogP contribution in [0.5, 0.6) is 0 Å². The summed E-state index contributed by atoms with van der Waals surface area (Å²) in [6.45, 7) is 2.36. The van der Waals surface area contributed by atoms with Gasteiger partial charge in [0.2, 0.25) is 0 Å². The first-order valence-electron chi connectivity index (χ1n) is 2.34. The molecule has 0 fully saturated rings. The number of aliphatic hydroxyl groups is 1. The Bertz CT molecular complexity index is 15.9. The second-order valence-electron chi connectivity index (χ2n) is 1.21. The van der Waals surface area contributed by atoms with Gasteiger partial charge in [0.1, 0.15) is 0 Å². The molecule has 1 heteroatoms. The van der Waals surface area contributed by atoms with Gasteiger partial charge in [-0.25, -0.2) is 0 Å². The number of unbranched alkanes of at least 4 members (excludes halogenated alkanes) is 2. The summed E-state index contributed by atoms with van der Waals surface area (Å²) in [5.74, 6) is 0. The molecule has 1 nitrogen and oxygen atoms in total. The molecule has 1 N–H and O–H groups in total. The zero-order valence-corrected chi connectivity index (χ0v) is 4.15. The first-order chi connectivity index (χ1) is 2.91. The van der Waals surface area contributed by atoms with E-state index >= 15 is 0 Å².